The second kappa shape index (κ2) is 5.76. The first-order chi connectivity index (χ1) is 12.2. The van der Waals surface area contributed by atoms with Gasteiger partial charge in [0.25, 0.3) is 0 Å². The van der Waals surface area contributed by atoms with Gasteiger partial charge in [0.15, 0.2) is 5.65 Å². The van der Waals surface area contributed by atoms with Gasteiger partial charge in [0, 0.05) is 18.0 Å². The first-order valence-corrected chi connectivity index (χ1v) is 7.51. The molecular formula is C18H11FN6. The van der Waals surface area contributed by atoms with Gasteiger partial charge in [0.1, 0.15) is 17.4 Å². The van der Waals surface area contributed by atoms with Crippen molar-refractivity contribution in [1.29, 1.82) is 5.26 Å². The summed E-state index contributed by atoms with van der Waals surface area (Å²) in [6, 6.07) is 10.5. The van der Waals surface area contributed by atoms with E-state index in [0.717, 1.165) is 5.56 Å². The van der Waals surface area contributed by atoms with E-state index in [4.69, 9.17) is 0 Å². The molecular weight excluding hydrogens is 319 g/mol. The van der Waals surface area contributed by atoms with E-state index in [1.54, 1.807) is 42.0 Å². The Kier molecular flexibility index (Phi) is 3.43. The molecule has 4 heterocycles. The van der Waals surface area contributed by atoms with Crippen molar-refractivity contribution in [2.75, 3.05) is 0 Å². The fourth-order valence-electron chi connectivity index (χ4n) is 2.59. The highest BCUT2D eigenvalue weighted by Gasteiger charge is 2.14. The molecule has 120 valence electrons. The smallest absolute Gasteiger partial charge is 0.173 e. The summed E-state index contributed by atoms with van der Waals surface area (Å²) in [6.45, 7) is 1.61. The van der Waals surface area contributed by atoms with Crippen LogP contribution in [0.2, 0.25) is 0 Å². The SMILES string of the molecule is Cc1nc(-c2ncccc2-c2ccn3ncc(C#N)c3n2)ccc1F. The van der Waals surface area contributed by atoms with E-state index in [0.29, 0.717) is 34.0 Å². The maximum absolute atomic E-state index is 13.5. The lowest BCUT2D eigenvalue weighted by Crippen LogP contribution is -1.98. The molecule has 0 aromatic carbocycles. The van der Waals surface area contributed by atoms with Gasteiger partial charge >= 0.3 is 0 Å². The van der Waals surface area contributed by atoms with Crippen molar-refractivity contribution < 1.29 is 4.39 Å². The van der Waals surface area contributed by atoms with Gasteiger partial charge in [0.05, 0.1) is 29.0 Å². The van der Waals surface area contributed by atoms with E-state index < -0.39 is 0 Å². The molecule has 4 rings (SSSR count). The van der Waals surface area contributed by atoms with Crippen LogP contribution in [0.1, 0.15) is 11.3 Å². The van der Waals surface area contributed by atoms with Crippen LogP contribution in [0.4, 0.5) is 4.39 Å². The number of nitrogens with zero attached hydrogens (tertiary/aromatic N) is 6. The van der Waals surface area contributed by atoms with Crippen molar-refractivity contribution in [3.05, 3.63) is 66.0 Å². The molecule has 0 saturated carbocycles. The maximum Gasteiger partial charge on any atom is 0.173 e. The molecule has 0 aliphatic carbocycles. The second-order valence-electron chi connectivity index (χ2n) is 5.41. The summed E-state index contributed by atoms with van der Waals surface area (Å²) in [5, 5.41) is 13.3. The highest BCUT2D eigenvalue weighted by atomic mass is 19.1. The summed E-state index contributed by atoms with van der Waals surface area (Å²) in [5.41, 5.74) is 3.71. The van der Waals surface area contributed by atoms with Crippen LogP contribution >= 0.6 is 0 Å². The number of fused-ring (bicyclic) bond motifs is 1. The molecule has 0 aliphatic heterocycles. The third-order valence-electron chi connectivity index (χ3n) is 3.84. The first kappa shape index (κ1) is 14.9. The molecule has 4 aromatic heterocycles. The summed E-state index contributed by atoms with van der Waals surface area (Å²) in [5.74, 6) is -0.362. The molecule has 7 heteroatoms. The molecule has 0 spiro atoms. The Labute approximate surface area is 142 Å². The van der Waals surface area contributed by atoms with Crippen LogP contribution in [0.25, 0.3) is 28.3 Å². The lowest BCUT2D eigenvalue weighted by Gasteiger charge is -2.09. The van der Waals surface area contributed by atoms with Crippen molar-refractivity contribution in [1.82, 2.24) is 24.6 Å². The monoisotopic (exact) mass is 330 g/mol. The van der Waals surface area contributed by atoms with Crippen molar-refractivity contribution >= 4 is 5.65 Å². The Morgan fingerprint density at radius 2 is 2.00 bits per heavy atom. The Balaban J connectivity index is 1.92. The number of nitriles is 1. The highest BCUT2D eigenvalue weighted by molar-refractivity contribution is 5.78. The average molecular weight is 330 g/mol. The largest absolute Gasteiger partial charge is 0.254 e. The van der Waals surface area contributed by atoms with E-state index in [1.165, 1.54) is 12.3 Å². The van der Waals surface area contributed by atoms with Gasteiger partial charge in [-0.15, -0.1) is 0 Å². The lowest BCUT2D eigenvalue weighted by molar-refractivity contribution is 0.610. The second-order valence-corrected chi connectivity index (χ2v) is 5.41. The molecule has 0 radical (unpaired) electrons. The van der Waals surface area contributed by atoms with Crippen molar-refractivity contribution in [3.63, 3.8) is 0 Å². The fourth-order valence-corrected chi connectivity index (χ4v) is 2.59. The summed E-state index contributed by atoms with van der Waals surface area (Å²) < 4.78 is 15.1. The Morgan fingerprint density at radius 3 is 2.80 bits per heavy atom. The van der Waals surface area contributed by atoms with Gasteiger partial charge < -0.3 is 0 Å². The Morgan fingerprint density at radius 1 is 1.12 bits per heavy atom. The van der Waals surface area contributed by atoms with Crippen molar-refractivity contribution in [2.45, 2.75) is 6.92 Å². The van der Waals surface area contributed by atoms with Gasteiger partial charge in [0.2, 0.25) is 0 Å². The quantitative estimate of drug-likeness (QED) is 0.564. The molecule has 0 bridgehead atoms. The fraction of sp³-hybridized carbons (Fsp3) is 0.0556. The minimum Gasteiger partial charge on any atom is -0.254 e. The normalized spacial score (nSPS) is 10.8. The minimum absolute atomic E-state index is 0.306. The van der Waals surface area contributed by atoms with E-state index >= 15 is 0 Å². The van der Waals surface area contributed by atoms with Crippen LogP contribution in [0.3, 0.4) is 0 Å². The predicted octanol–water partition coefficient (Wildman–Crippen LogP) is 3.17. The van der Waals surface area contributed by atoms with Gasteiger partial charge in [-0.2, -0.15) is 10.4 Å². The van der Waals surface area contributed by atoms with E-state index in [1.807, 2.05) is 6.07 Å². The molecule has 0 fully saturated rings. The topological polar surface area (TPSA) is 79.8 Å². The summed E-state index contributed by atoms with van der Waals surface area (Å²) >= 11 is 0. The highest BCUT2D eigenvalue weighted by Crippen LogP contribution is 2.28. The molecule has 0 amide bonds. The molecule has 0 atom stereocenters. The average Bonchev–Trinajstić information content (AvgIpc) is 3.06. The zero-order valence-corrected chi connectivity index (χ0v) is 13.2. The van der Waals surface area contributed by atoms with E-state index in [2.05, 4.69) is 26.1 Å². The number of aryl methyl sites for hydroxylation is 1. The number of pyridine rings is 2. The van der Waals surface area contributed by atoms with E-state index in [9.17, 15) is 9.65 Å². The molecule has 0 N–H and O–H groups in total. The number of hydrogen-bond acceptors (Lipinski definition) is 5. The predicted molar refractivity (Wildman–Crippen MR) is 88.9 cm³/mol. The van der Waals surface area contributed by atoms with Gasteiger partial charge in [-0.25, -0.2) is 18.9 Å². The number of hydrogen-bond donors (Lipinski definition) is 0. The van der Waals surface area contributed by atoms with Gasteiger partial charge in [-0.3, -0.25) is 4.98 Å². The van der Waals surface area contributed by atoms with Crippen LogP contribution < -0.4 is 0 Å². The summed E-state index contributed by atoms with van der Waals surface area (Å²) in [7, 11) is 0. The number of aromatic nitrogens is 5. The standard InChI is InChI=1S/C18H11FN6/c1-11-14(19)4-5-16(23-11)17-13(3-2-7-21-17)15-6-8-25-18(24-15)12(9-20)10-22-25/h2-8,10H,1H3. The molecule has 4 aromatic rings. The third kappa shape index (κ3) is 2.50. The zero-order chi connectivity index (χ0) is 17.4. The minimum atomic E-state index is -0.362. The Hall–Kier alpha value is -3.66. The molecule has 0 saturated heterocycles. The van der Waals surface area contributed by atoms with Crippen LogP contribution in [0.15, 0.2) is 48.9 Å². The van der Waals surface area contributed by atoms with Crippen LogP contribution in [0, 0.1) is 24.1 Å². The number of halogens is 1. The molecule has 0 unspecified atom stereocenters. The molecule has 0 aliphatic rings. The third-order valence-corrected chi connectivity index (χ3v) is 3.84. The lowest BCUT2D eigenvalue weighted by atomic mass is 10.1. The van der Waals surface area contributed by atoms with Crippen LogP contribution in [-0.2, 0) is 0 Å². The van der Waals surface area contributed by atoms with Crippen molar-refractivity contribution in [2.24, 2.45) is 0 Å². The van der Waals surface area contributed by atoms with Crippen molar-refractivity contribution in [3.8, 4) is 28.7 Å². The van der Waals surface area contributed by atoms with Crippen LogP contribution in [-0.4, -0.2) is 24.6 Å². The zero-order valence-electron chi connectivity index (χ0n) is 13.2. The molecule has 25 heavy (non-hydrogen) atoms. The van der Waals surface area contributed by atoms with E-state index in [-0.39, 0.29) is 5.82 Å². The van der Waals surface area contributed by atoms with Gasteiger partial charge in [-0.1, -0.05) is 0 Å². The first-order valence-electron chi connectivity index (χ1n) is 7.51. The van der Waals surface area contributed by atoms with Gasteiger partial charge in [-0.05, 0) is 37.3 Å². The molecule has 6 nitrogen and oxygen atoms in total. The number of rotatable bonds is 2. The maximum atomic E-state index is 13.5. The Bertz CT molecular complexity index is 1140. The summed E-state index contributed by atoms with van der Waals surface area (Å²) in [6.07, 6.45) is 4.86. The van der Waals surface area contributed by atoms with Crippen LogP contribution in [0.5, 0.6) is 0 Å². The summed E-state index contributed by atoms with van der Waals surface area (Å²) in [4.78, 5) is 13.2.